The van der Waals surface area contributed by atoms with E-state index >= 15 is 0 Å². The molecule has 1 saturated carbocycles. The number of carbonyl (C=O) groups excluding carboxylic acids is 1. The van der Waals surface area contributed by atoms with E-state index in [4.69, 9.17) is 4.74 Å². The maximum absolute atomic E-state index is 14.2. The molecule has 0 bridgehead atoms. The van der Waals surface area contributed by atoms with Gasteiger partial charge in [-0.3, -0.25) is 9.36 Å². The second kappa shape index (κ2) is 12.9. The Hall–Kier alpha value is -2.98. The molecule has 6 heteroatoms. The molecular weight excluding hydrogens is 505 g/mol. The molecular formula is C33H38NO4P. The van der Waals surface area contributed by atoms with Crippen LogP contribution in [0.2, 0.25) is 0 Å². The minimum atomic E-state index is -3.94. The van der Waals surface area contributed by atoms with Gasteiger partial charge in [-0.15, -0.1) is 0 Å². The van der Waals surface area contributed by atoms with Crippen LogP contribution in [0, 0.1) is 5.92 Å². The van der Waals surface area contributed by atoms with Crippen molar-refractivity contribution in [2.45, 2.75) is 70.1 Å². The molecule has 1 N–H and O–H groups in total. The Bertz CT molecular complexity index is 1290. The molecule has 0 aromatic heterocycles. The molecule has 0 amide bonds. The van der Waals surface area contributed by atoms with E-state index < -0.39 is 13.6 Å². The van der Waals surface area contributed by atoms with Crippen molar-refractivity contribution in [3.8, 4) is 11.1 Å². The van der Waals surface area contributed by atoms with E-state index in [-0.39, 0.29) is 17.9 Å². The third-order valence-corrected chi connectivity index (χ3v) is 10.1. The molecule has 4 atom stereocenters. The number of hydrogen-bond donors (Lipinski definition) is 1. The summed E-state index contributed by atoms with van der Waals surface area (Å²) in [7, 11) is -3.94. The predicted molar refractivity (Wildman–Crippen MR) is 157 cm³/mol. The summed E-state index contributed by atoms with van der Waals surface area (Å²) in [6, 6.07) is 26.9. The average molecular weight is 544 g/mol. The molecule has 3 aromatic rings. The maximum atomic E-state index is 14.2. The number of rotatable bonds is 9. The lowest BCUT2D eigenvalue weighted by molar-refractivity contribution is -0.154. The zero-order chi connectivity index (χ0) is 27.1. The van der Waals surface area contributed by atoms with Crippen molar-refractivity contribution >= 4 is 18.8 Å². The van der Waals surface area contributed by atoms with Crippen molar-refractivity contribution < 1.29 is 19.0 Å². The van der Waals surface area contributed by atoms with E-state index in [9.17, 15) is 14.3 Å². The molecule has 1 fully saturated rings. The molecule has 1 unspecified atom stereocenters. The standard InChI is InChI=1S/C33H38NO4P/c35-33(24-26-12-4-1-5-13-26)38-32-19-11-10-18-31(32)34(39(36,37)30-16-8-3-9-17-30)25-27-20-22-29(23-21-27)28-14-6-2-7-15-28/h2-4,6-9,12,14-17,20-23,26,31-32H,1,5,10-11,13,18-19,24-25H2,(H,36,37)/t26-,31-,32-/m1/s1. The first-order valence-corrected chi connectivity index (χ1v) is 15.8. The Morgan fingerprint density at radius 2 is 1.51 bits per heavy atom. The Morgan fingerprint density at radius 3 is 2.21 bits per heavy atom. The first kappa shape index (κ1) is 27.6. The molecule has 2 aliphatic rings. The minimum Gasteiger partial charge on any atom is -0.461 e. The van der Waals surface area contributed by atoms with Gasteiger partial charge >= 0.3 is 5.97 Å². The van der Waals surface area contributed by atoms with Crippen molar-refractivity contribution in [2.75, 3.05) is 0 Å². The van der Waals surface area contributed by atoms with Crippen LogP contribution in [0.1, 0.15) is 56.9 Å². The first-order chi connectivity index (χ1) is 19.0. The number of nitrogens with zero attached hydrogens (tertiary/aromatic N) is 1. The molecule has 2 aliphatic carbocycles. The smallest absolute Gasteiger partial charge is 0.306 e. The molecule has 0 heterocycles. The topological polar surface area (TPSA) is 66.8 Å². The van der Waals surface area contributed by atoms with E-state index in [1.807, 2.05) is 36.4 Å². The van der Waals surface area contributed by atoms with Crippen molar-refractivity contribution in [2.24, 2.45) is 5.92 Å². The normalized spacial score (nSPS) is 22.8. The fourth-order valence-electron chi connectivity index (χ4n) is 5.84. The van der Waals surface area contributed by atoms with Crippen LogP contribution in [0.25, 0.3) is 11.1 Å². The van der Waals surface area contributed by atoms with Crippen LogP contribution in [-0.2, 0) is 20.6 Å². The molecule has 39 heavy (non-hydrogen) atoms. The van der Waals surface area contributed by atoms with Crippen molar-refractivity contribution in [1.29, 1.82) is 0 Å². The summed E-state index contributed by atoms with van der Waals surface area (Å²) in [6.07, 6.45) is 10.7. The lowest BCUT2D eigenvalue weighted by Crippen LogP contribution is -2.46. The van der Waals surface area contributed by atoms with Gasteiger partial charge in [0.25, 0.3) is 7.52 Å². The quantitative estimate of drug-likeness (QED) is 0.175. The Morgan fingerprint density at radius 1 is 0.846 bits per heavy atom. The van der Waals surface area contributed by atoms with Crippen LogP contribution in [-0.4, -0.2) is 27.7 Å². The summed E-state index contributed by atoms with van der Waals surface area (Å²) in [4.78, 5) is 24.6. The van der Waals surface area contributed by atoms with Crippen LogP contribution >= 0.6 is 7.52 Å². The molecule has 0 spiro atoms. The van der Waals surface area contributed by atoms with Gasteiger partial charge in [0, 0.05) is 6.54 Å². The van der Waals surface area contributed by atoms with Gasteiger partial charge in [0.2, 0.25) is 0 Å². The van der Waals surface area contributed by atoms with Crippen molar-refractivity contribution in [1.82, 2.24) is 4.67 Å². The second-order valence-corrected chi connectivity index (χ2v) is 12.9. The van der Waals surface area contributed by atoms with Crippen molar-refractivity contribution in [3.05, 3.63) is 103 Å². The lowest BCUT2D eigenvalue weighted by Gasteiger charge is -2.41. The molecule has 0 radical (unpaired) electrons. The largest absolute Gasteiger partial charge is 0.461 e. The van der Waals surface area contributed by atoms with Crippen molar-refractivity contribution in [3.63, 3.8) is 0 Å². The fraction of sp³-hybridized carbons (Fsp3) is 0.364. The highest BCUT2D eigenvalue weighted by Crippen LogP contribution is 2.49. The number of esters is 1. The summed E-state index contributed by atoms with van der Waals surface area (Å²) in [5.41, 5.74) is 3.18. The summed E-state index contributed by atoms with van der Waals surface area (Å²) in [6.45, 7) is 0.293. The van der Waals surface area contributed by atoms with E-state index in [1.54, 1.807) is 28.9 Å². The highest BCUT2D eigenvalue weighted by molar-refractivity contribution is 7.63. The van der Waals surface area contributed by atoms with Crippen LogP contribution < -0.4 is 5.30 Å². The number of allylic oxidation sites excluding steroid dienone is 2. The first-order valence-electron chi connectivity index (χ1n) is 14.2. The van der Waals surface area contributed by atoms with Gasteiger partial charge in [0.05, 0.1) is 17.8 Å². The summed E-state index contributed by atoms with van der Waals surface area (Å²) in [5.74, 6) is 0.0175. The summed E-state index contributed by atoms with van der Waals surface area (Å²) in [5, 5.41) is 0.397. The van der Waals surface area contributed by atoms with Gasteiger partial charge in [0.15, 0.2) is 0 Å². The van der Waals surface area contributed by atoms with Gasteiger partial charge in [0.1, 0.15) is 6.10 Å². The Kier molecular flexibility index (Phi) is 9.13. The number of hydrogen-bond acceptors (Lipinski definition) is 3. The third-order valence-electron chi connectivity index (χ3n) is 7.96. The van der Waals surface area contributed by atoms with Gasteiger partial charge < -0.3 is 9.63 Å². The van der Waals surface area contributed by atoms with E-state index in [2.05, 4.69) is 36.4 Å². The maximum Gasteiger partial charge on any atom is 0.306 e. The van der Waals surface area contributed by atoms with Gasteiger partial charge in [-0.2, -0.15) is 0 Å². The van der Waals surface area contributed by atoms with Crippen LogP contribution in [0.3, 0.4) is 0 Å². The molecule has 3 aromatic carbocycles. The fourth-order valence-corrected chi connectivity index (χ4v) is 7.72. The van der Waals surface area contributed by atoms with Gasteiger partial charge in [-0.1, -0.05) is 91.4 Å². The number of benzene rings is 3. The molecule has 5 rings (SSSR count). The Labute approximate surface area is 232 Å². The molecule has 0 aliphatic heterocycles. The van der Waals surface area contributed by atoms with E-state index in [0.717, 1.165) is 48.8 Å². The highest BCUT2D eigenvalue weighted by atomic mass is 31.2. The lowest BCUT2D eigenvalue weighted by atomic mass is 9.91. The zero-order valence-corrected chi connectivity index (χ0v) is 23.3. The summed E-state index contributed by atoms with van der Waals surface area (Å²) >= 11 is 0. The average Bonchev–Trinajstić information content (AvgIpc) is 2.98. The van der Waals surface area contributed by atoms with E-state index in [1.165, 1.54) is 0 Å². The molecule has 5 nitrogen and oxygen atoms in total. The van der Waals surface area contributed by atoms with E-state index in [0.29, 0.717) is 31.1 Å². The number of ether oxygens (including phenoxy) is 1. The number of carbonyl (C=O) groups is 1. The van der Waals surface area contributed by atoms with Gasteiger partial charge in [-0.05, 0) is 73.3 Å². The molecule has 0 saturated heterocycles. The monoisotopic (exact) mass is 543 g/mol. The summed E-state index contributed by atoms with van der Waals surface area (Å²) < 4.78 is 22.0. The van der Waals surface area contributed by atoms with Crippen LogP contribution in [0.5, 0.6) is 0 Å². The molecule has 204 valence electrons. The van der Waals surface area contributed by atoms with Crippen LogP contribution in [0.15, 0.2) is 97.1 Å². The second-order valence-electron chi connectivity index (χ2n) is 10.7. The minimum absolute atomic E-state index is 0.205. The van der Waals surface area contributed by atoms with Gasteiger partial charge in [-0.25, -0.2) is 4.67 Å². The Balaban J connectivity index is 1.40. The third kappa shape index (κ3) is 6.97. The highest BCUT2D eigenvalue weighted by Gasteiger charge is 2.42. The van der Waals surface area contributed by atoms with Crippen LogP contribution in [0.4, 0.5) is 0 Å². The SMILES string of the molecule is O=C(C[C@@H]1C=CCCC1)O[C@@H]1CCCC[C@H]1N(Cc1ccc(-c2ccccc2)cc1)P(=O)(O)c1ccccc1. The predicted octanol–water partition coefficient (Wildman–Crippen LogP) is 7.27. The zero-order valence-electron chi connectivity index (χ0n) is 22.4.